The molecule has 9 heteroatoms. The van der Waals surface area contributed by atoms with Crippen LogP contribution >= 0.6 is 0 Å². The molecule has 3 aromatic rings. The number of carboxylic acids is 1. The molecule has 9 nitrogen and oxygen atoms in total. The summed E-state index contributed by atoms with van der Waals surface area (Å²) in [4.78, 5) is 37.5. The second-order valence-corrected chi connectivity index (χ2v) is 5.16. The number of hydrogen-bond acceptors (Lipinski definition) is 6. The fourth-order valence-electron chi connectivity index (χ4n) is 2.31. The van der Waals surface area contributed by atoms with Crippen molar-refractivity contribution < 1.29 is 19.2 Å². The summed E-state index contributed by atoms with van der Waals surface area (Å²) in [5.74, 6) is -1.38. The van der Waals surface area contributed by atoms with Crippen LogP contribution < -0.4 is 5.43 Å². The van der Waals surface area contributed by atoms with Crippen molar-refractivity contribution >= 4 is 35.0 Å². The second-order valence-electron chi connectivity index (χ2n) is 5.16. The first-order valence-corrected chi connectivity index (χ1v) is 7.03. The molecule has 3 rings (SSSR count). The lowest BCUT2D eigenvalue weighted by atomic mass is 10.2. The summed E-state index contributed by atoms with van der Waals surface area (Å²) in [5.41, 5.74) is -0.138. The van der Waals surface area contributed by atoms with Crippen molar-refractivity contribution in [3.8, 4) is 0 Å². The maximum absolute atomic E-state index is 12.1. The Kier molecular flexibility index (Phi) is 3.89. The van der Waals surface area contributed by atoms with E-state index in [1.807, 2.05) is 0 Å². The fraction of sp³-hybridized carbons (Fsp3) is 0.0625. The number of aromatic carboxylic acids is 1. The molecule has 0 atom stereocenters. The number of aromatic nitrogens is 2. The van der Waals surface area contributed by atoms with Crippen LogP contribution in [0.1, 0.15) is 21.8 Å². The zero-order valence-electron chi connectivity index (χ0n) is 12.9. The highest BCUT2D eigenvalue weighted by molar-refractivity contribution is 5.91. The number of aryl methyl sites for hydroxylation is 1. The van der Waals surface area contributed by atoms with Crippen LogP contribution in [0.3, 0.4) is 0 Å². The van der Waals surface area contributed by atoms with E-state index in [9.17, 15) is 19.7 Å². The van der Waals surface area contributed by atoms with Crippen molar-refractivity contribution in [3.63, 3.8) is 0 Å². The number of furan rings is 1. The zero-order valence-corrected chi connectivity index (χ0v) is 12.9. The minimum Gasteiger partial charge on any atom is -0.477 e. The lowest BCUT2D eigenvalue weighted by Gasteiger charge is -2.06. The first kappa shape index (κ1) is 16.1. The SMILES string of the molecule is Cn1cc(C(=O)O)c(=O)c2ccc(/C=C/c3ccc([N+](=O)[O-])o3)nc21. The Morgan fingerprint density at radius 1 is 1.32 bits per heavy atom. The third kappa shape index (κ3) is 3.02. The zero-order chi connectivity index (χ0) is 18.1. The molecule has 0 radical (unpaired) electrons. The smallest absolute Gasteiger partial charge is 0.433 e. The monoisotopic (exact) mass is 341 g/mol. The highest BCUT2D eigenvalue weighted by Crippen LogP contribution is 2.18. The van der Waals surface area contributed by atoms with E-state index in [4.69, 9.17) is 9.52 Å². The second kappa shape index (κ2) is 6.04. The lowest BCUT2D eigenvalue weighted by Crippen LogP contribution is -2.18. The van der Waals surface area contributed by atoms with Crippen molar-refractivity contribution in [1.82, 2.24) is 9.55 Å². The summed E-state index contributed by atoms with van der Waals surface area (Å²) < 4.78 is 6.46. The highest BCUT2D eigenvalue weighted by Gasteiger charge is 2.14. The molecular weight excluding hydrogens is 330 g/mol. The Morgan fingerprint density at radius 2 is 2.08 bits per heavy atom. The van der Waals surface area contributed by atoms with Crippen LogP contribution in [0.25, 0.3) is 23.2 Å². The molecule has 3 heterocycles. The van der Waals surface area contributed by atoms with E-state index in [0.717, 1.165) is 0 Å². The summed E-state index contributed by atoms with van der Waals surface area (Å²) in [6, 6.07) is 5.72. The molecule has 0 aromatic carbocycles. The van der Waals surface area contributed by atoms with E-state index in [-0.39, 0.29) is 22.6 Å². The topological polar surface area (TPSA) is 128 Å². The molecule has 0 aliphatic heterocycles. The predicted octanol–water partition coefficient (Wildman–Crippen LogP) is 2.30. The summed E-state index contributed by atoms with van der Waals surface area (Å²) in [7, 11) is 1.59. The van der Waals surface area contributed by atoms with Crippen LogP contribution in [0.4, 0.5) is 5.88 Å². The van der Waals surface area contributed by atoms with Gasteiger partial charge in [-0.15, -0.1) is 0 Å². The van der Waals surface area contributed by atoms with Gasteiger partial charge in [0, 0.05) is 13.2 Å². The Balaban J connectivity index is 2.01. The standard InChI is InChI=1S/C16H11N3O6/c1-18-8-12(16(21)22)14(20)11-6-3-9(17-15(11)18)2-4-10-5-7-13(25-10)19(23)24/h2-8H,1H3,(H,21,22)/b4-2+. The molecule has 0 saturated carbocycles. The van der Waals surface area contributed by atoms with E-state index in [1.54, 1.807) is 19.2 Å². The largest absolute Gasteiger partial charge is 0.477 e. The minimum atomic E-state index is -1.30. The van der Waals surface area contributed by atoms with Crippen LogP contribution in [-0.4, -0.2) is 25.6 Å². The molecule has 0 fully saturated rings. The van der Waals surface area contributed by atoms with Gasteiger partial charge in [-0.2, -0.15) is 0 Å². The molecule has 0 aliphatic rings. The molecule has 0 amide bonds. The fourth-order valence-corrected chi connectivity index (χ4v) is 2.31. The van der Waals surface area contributed by atoms with Gasteiger partial charge in [0.2, 0.25) is 5.43 Å². The average Bonchev–Trinajstić information content (AvgIpc) is 3.05. The van der Waals surface area contributed by atoms with Crippen LogP contribution in [-0.2, 0) is 7.05 Å². The third-order valence-electron chi connectivity index (χ3n) is 3.48. The number of carbonyl (C=O) groups is 1. The molecule has 0 unspecified atom stereocenters. The summed E-state index contributed by atoms with van der Waals surface area (Å²) in [5, 5.41) is 19.8. The molecule has 0 spiro atoms. The highest BCUT2D eigenvalue weighted by atomic mass is 16.6. The first-order chi connectivity index (χ1) is 11.9. The van der Waals surface area contributed by atoms with Gasteiger partial charge >= 0.3 is 11.9 Å². The number of hydrogen-bond donors (Lipinski definition) is 1. The Hall–Kier alpha value is -3.75. The van der Waals surface area contributed by atoms with Crippen molar-refractivity contribution in [2.45, 2.75) is 0 Å². The molecule has 1 N–H and O–H groups in total. The van der Waals surface area contributed by atoms with Gasteiger partial charge in [-0.25, -0.2) is 9.78 Å². The summed E-state index contributed by atoms with van der Waals surface area (Å²) >= 11 is 0. The average molecular weight is 341 g/mol. The van der Waals surface area contributed by atoms with Crippen molar-refractivity contribution in [2.24, 2.45) is 7.05 Å². The number of nitro groups is 1. The Bertz CT molecular complexity index is 1090. The van der Waals surface area contributed by atoms with E-state index in [1.165, 1.54) is 35.0 Å². The van der Waals surface area contributed by atoms with Gasteiger partial charge in [0.15, 0.2) is 0 Å². The number of carboxylic acid groups (broad SMARTS) is 1. The first-order valence-electron chi connectivity index (χ1n) is 7.03. The maximum atomic E-state index is 12.1. The number of fused-ring (bicyclic) bond motifs is 1. The van der Waals surface area contributed by atoms with Crippen molar-refractivity contribution in [3.05, 3.63) is 67.8 Å². The van der Waals surface area contributed by atoms with Gasteiger partial charge in [-0.3, -0.25) is 14.9 Å². The van der Waals surface area contributed by atoms with Crippen LogP contribution in [0, 0.1) is 10.1 Å². The molecule has 0 bridgehead atoms. The lowest BCUT2D eigenvalue weighted by molar-refractivity contribution is -0.402. The Morgan fingerprint density at radius 3 is 2.72 bits per heavy atom. The van der Waals surface area contributed by atoms with Gasteiger partial charge in [0.1, 0.15) is 21.9 Å². The van der Waals surface area contributed by atoms with Crippen LogP contribution in [0.15, 0.2) is 39.7 Å². The van der Waals surface area contributed by atoms with E-state index >= 15 is 0 Å². The molecule has 25 heavy (non-hydrogen) atoms. The van der Waals surface area contributed by atoms with Gasteiger partial charge in [0.05, 0.1) is 17.1 Å². The van der Waals surface area contributed by atoms with Crippen LogP contribution in [0.2, 0.25) is 0 Å². The number of rotatable bonds is 4. The quantitative estimate of drug-likeness (QED) is 0.569. The molecule has 0 aliphatic carbocycles. The minimum absolute atomic E-state index is 0.188. The third-order valence-corrected chi connectivity index (χ3v) is 3.48. The normalized spacial score (nSPS) is 11.2. The van der Waals surface area contributed by atoms with Crippen molar-refractivity contribution in [2.75, 3.05) is 0 Å². The predicted molar refractivity (Wildman–Crippen MR) is 88.2 cm³/mol. The van der Waals surface area contributed by atoms with Gasteiger partial charge < -0.3 is 14.1 Å². The van der Waals surface area contributed by atoms with Gasteiger partial charge in [0.25, 0.3) is 0 Å². The molecule has 0 saturated heterocycles. The molecular formula is C16H11N3O6. The molecule has 126 valence electrons. The summed E-state index contributed by atoms with van der Waals surface area (Å²) in [6.45, 7) is 0. The van der Waals surface area contributed by atoms with Crippen LogP contribution in [0.5, 0.6) is 0 Å². The Labute approximate surface area is 139 Å². The van der Waals surface area contributed by atoms with E-state index in [2.05, 4.69) is 4.98 Å². The maximum Gasteiger partial charge on any atom is 0.433 e. The van der Waals surface area contributed by atoms with E-state index in [0.29, 0.717) is 11.3 Å². The molecule has 3 aromatic heterocycles. The summed E-state index contributed by atoms with van der Waals surface area (Å²) in [6.07, 6.45) is 4.28. The number of pyridine rings is 2. The van der Waals surface area contributed by atoms with Gasteiger partial charge in [-0.05, 0) is 30.4 Å². The van der Waals surface area contributed by atoms with Gasteiger partial charge in [-0.1, -0.05) is 0 Å². The number of nitrogens with zero attached hydrogens (tertiary/aromatic N) is 3. The van der Waals surface area contributed by atoms with Crippen molar-refractivity contribution in [1.29, 1.82) is 0 Å². The van der Waals surface area contributed by atoms with E-state index < -0.39 is 16.3 Å².